The van der Waals surface area contributed by atoms with Crippen LogP contribution in [0.3, 0.4) is 0 Å². The molecule has 0 aliphatic rings. The van der Waals surface area contributed by atoms with Gasteiger partial charge >= 0.3 is 6.36 Å². The fourth-order valence-electron chi connectivity index (χ4n) is 3.27. The van der Waals surface area contributed by atoms with Crippen LogP contribution < -0.4 is 20.7 Å². The maximum Gasteiger partial charge on any atom is 0.573 e. The van der Waals surface area contributed by atoms with Gasteiger partial charge in [-0.1, -0.05) is 24.3 Å². The number of guanidine groups is 1. The van der Waals surface area contributed by atoms with Crippen molar-refractivity contribution in [2.24, 2.45) is 4.99 Å². The number of aromatic nitrogens is 3. The Morgan fingerprint density at radius 2 is 1.64 bits per heavy atom. The monoisotopic (exact) mass is 511 g/mol. The molecule has 184 valence electrons. The van der Waals surface area contributed by atoms with Gasteiger partial charge in [0, 0.05) is 28.5 Å². The van der Waals surface area contributed by atoms with Crippen LogP contribution in [-0.2, 0) is 0 Å². The first-order chi connectivity index (χ1) is 17.1. The number of hydrogen-bond donors (Lipinski definition) is 3. The number of nitrogens with one attached hydrogen (secondary N) is 3. The molecular weight excluding hydrogens is 491 g/mol. The summed E-state index contributed by atoms with van der Waals surface area (Å²) in [6.07, 6.45) is -3.17. The van der Waals surface area contributed by atoms with Crippen molar-refractivity contribution in [2.45, 2.75) is 20.2 Å². The first-order valence-electron chi connectivity index (χ1n) is 10.6. The second kappa shape index (κ2) is 10.5. The lowest BCUT2D eigenvalue weighted by Gasteiger charge is -2.14. The molecule has 3 N–H and O–H groups in total. The van der Waals surface area contributed by atoms with Gasteiger partial charge < -0.3 is 15.4 Å². The molecule has 0 radical (unpaired) electrons. The lowest BCUT2D eigenvalue weighted by Crippen LogP contribution is -2.26. The van der Waals surface area contributed by atoms with E-state index in [-0.39, 0.29) is 28.5 Å². The minimum atomic E-state index is -4.81. The van der Waals surface area contributed by atoms with E-state index in [0.717, 1.165) is 28.4 Å². The number of aryl methyl sites for hydroxylation is 2. The van der Waals surface area contributed by atoms with E-state index in [2.05, 4.69) is 40.6 Å². The molecule has 0 atom stereocenters. The summed E-state index contributed by atoms with van der Waals surface area (Å²) in [5.41, 5.74) is 3.20. The van der Waals surface area contributed by atoms with Crippen LogP contribution in [0.15, 0.2) is 71.9 Å². The maximum atomic E-state index is 12.6. The minimum absolute atomic E-state index is 0.0349. The standard InChI is InChI=1S/C24H20F3N7OS/c1-14-10-15(2)30-21(29-14)33-22(31-18-11-16-6-3-4-9-20(16)28-13-18)34-23(36)32-17-7-5-8-19(12-17)35-24(25,26)27/h3-13H,1-2H3,(H3,29,30,31,32,33,34,36). The number of aliphatic imine (C=N–C) groups is 1. The van der Waals surface area contributed by atoms with Crippen molar-refractivity contribution in [3.8, 4) is 5.75 Å². The summed E-state index contributed by atoms with van der Waals surface area (Å²) in [5.74, 6) is 0.0785. The number of alkyl halides is 3. The van der Waals surface area contributed by atoms with E-state index >= 15 is 0 Å². The van der Waals surface area contributed by atoms with Gasteiger partial charge in [-0.2, -0.15) is 4.99 Å². The average Bonchev–Trinajstić information content (AvgIpc) is 2.77. The fourth-order valence-corrected chi connectivity index (χ4v) is 3.48. The van der Waals surface area contributed by atoms with Gasteiger partial charge in [0.05, 0.1) is 17.4 Å². The van der Waals surface area contributed by atoms with E-state index in [1.54, 1.807) is 6.20 Å². The number of nitrogens with zero attached hydrogens (tertiary/aromatic N) is 4. The van der Waals surface area contributed by atoms with Crippen molar-refractivity contribution in [3.63, 3.8) is 0 Å². The number of halogens is 3. The number of ether oxygens (including phenoxy) is 1. The molecule has 0 aliphatic heterocycles. The first-order valence-corrected chi connectivity index (χ1v) is 11.0. The van der Waals surface area contributed by atoms with E-state index in [1.165, 1.54) is 18.2 Å². The van der Waals surface area contributed by atoms with Crippen LogP contribution in [-0.4, -0.2) is 32.4 Å². The fraction of sp³-hybridized carbons (Fsp3) is 0.125. The summed E-state index contributed by atoms with van der Waals surface area (Å²) < 4.78 is 41.6. The lowest BCUT2D eigenvalue weighted by molar-refractivity contribution is -0.274. The Morgan fingerprint density at radius 3 is 2.39 bits per heavy atom. The third-order valence-corrected chi connectivity index (χ3v) is 4.79. The van der Waals surface area contributed by atoms with Gasteiger partial charge in [-0.25, -0.2) is 9.97 Å². The largest absolute Gasteiger partial charge is 0.573 e. The lowest BCUT2D eigenvalue weighted by atomic mass is 10.2. The third kappa shape index (κ3) is 7.09. The number of anilines is 3. The molecule has 0 saturated carbocycles. The number of rotatable bonds is 4. The van der Waals surface area contributed by atoms with Crippen LogP contribution >= 0.6 is 12.2 Å². The van der Waals surface area contributed by atoms with Crippen molar-refractivity contribution in [1.29, 1.82) is 0 Å². The smallest absolute Gasteiger partial charge is 0.406 e. The molecule has 0 fully saturated rings. The van der Waals surface area contributed by atoms with Crippen LogP contribution in [0.1, 0.15) is 11.4 Å². The first kappa shape index (κ1) is 24.8. The highest BCUT2D eigenvalue weighted by Gasteiger charge is 2.31. The number of pyridine rings is 1. The Balaban J connectivity index is 1.59. The predicted octanol–water partition coefficient (Wildman–Crippen LogP) is 5.82. The highest BCUT2D eigenvalue weighted by atomic mass is 32.1. The van der Waals surface area contributed by atoms with Gasteiger partial charge in [0.15, 0.2) is 0 Å². The molecule has 0 saturated heterocycles. The number of fused-ring (bicyclic) bond motifs is 1. The van der Waals surface area contributed by atoms with Gasteiger partial charge in [0.25, 0.3) is 0 Å². The van der Waals surface area contributed by atoms with E-state index in [9.17, 15) is 13.2 Å². The highest BCUT2D eigenvalue weighted by molar-refractivity contribution is 7.80. The number of hydrogen-bond acceptors (Lipinski definition) is 5. The van der Waals surface area contributed by atoms with E-state index in [4.69, 9.17) is 12.2 Å². The quantitative estimate of drug-likeness (QED) is 0.179. The summed E-state index contributed by atoms with van der Waals surface area (Å²) in [5, 5.41) is 9.77. The molecular formula is C24H20F3N7OS. The summed E-state index contributed by atoms with van der Waals surface area (Å²) in [7, 11) is 0. The summed E-state index contributed by atoms with van der Waals surface area (Å²) in [6, 6.07) is 16.6. The number of benzene rings is 2. The molecule has 2 aromatic heterocycles. The molecule has 0 spiro atoms. The topological polar surface area (TPSA) is 96.4 Å². The van der Waals surface area contributed by atoms with Crippen LogP contribution in [0.25, 0.3) is 10.9 Å². The zero-order valence-corrected chi connectivity index (χ0v) is 19.9. The van der Waals surface area contributed by atoms with Gasteiger partial charge in [-0.05, 0) is 56.4 Å². The molecule has 0 bridgehead atoms. The molecule has 0 aliphatic carbocycles. The average molecular weight is 512 g/mol. The molecule has 4 rings (SSSR count). The Kier molecular flexibility index (Phi) is 7.25. The Labute approximate surface area is 209 Å². The van der Waals surface area contributed by atoms with Crippen LogP contribution in [0.4, 0.5) is 30.5 Å². The van der Waals surface area contributed by atoms with Crippen molar-refractivity contribution >= 4 is 51.5 Å². The van der Waals surface area contributed by atoms with Crippen molar-refractivity contribution in [1.82, 2.24) is 15.0 Å². The Morgan fingerprint density at radius 1 is 0.889 bits per heavy atom. The molecule has 0 unspecified atom stereocenters. The second-order valence-electron chi connectivity index (χ2n) is 7.61. The van der Waals surface area contributed by atoms with E-state index in [1.807, 2.05) is 50.2 Å². The third-order valence-electron chi connectivity index (χ3n) is 4.60. The van der Waals surface area contributed by atoms with Gasteiger partial charge in [0.1, 0.15) is 5.75 Å². The molecule has 12 heteroatoms. The molecule has 2 heterocycles. The number of para-hydroxylation sites is 1. The van der Waals surface area contributed by atoms with Crippen LogP contribution in [0.5, 0.6) is 5.75 Å². The molecule has 0 amide bonds. The van der Waals surface area contributed by atoms with Crippen LogP contribution in [0, 0.1) is 13.8 Å². The summed E-state index contributed by atoms with van der Waals surface area (Å²) >= 11 is 5.33. The van der Waals surface area contributed by atoms with Gasteiger partial charge in [-0.15, -0.1) is 13.2 Å². The molecule has 8 nitrogen and oxygen atoms in total. The number of thiocarbonyl (C=S) groups is 1. The zero-order chi connectivity index (χ0) is 25.7. The van der Waals surface area contributed by atoms with Crippen LogP contribution in [0.2, 0.25) is 0 Å². The van der Waals surface area contributed by atoms with Crippen molar-refractivity contribution in [2.75, 3.05) is 16.0 Å². The van der Waals surface area contributed by atoms with Crippen molar-refractivity contribution < 1.29 is 17.9 Å². The highest BCUT2D eigenvalue weighted by Crippen LogP contribution is 2.25. The SMILES string of the molecule is Cc1cc(C)nc(N/C(=N\C(=S)Nc2cccc(OC(F)(F)F)c2)Nc2cnc3ccccc3c2)n1. The molecule has 36 heavy (non-hydrogen) atoms. The molecule has 2 aromatic carbocycles. The maximum absolute atomic E-state index is 12.6. The van der Waals surface area contributed by atoms with E-state index < -0.39 is 6.36 Å². The minimum Gasteiger partial charge on any atom is -0.406 e. The zero-order valence-electron chi connectivity index (χ0n) is 19.1. The Hall–Kier alpha value is -4.32. The Bertz CT molecular complexity index is 1420. The predicted molar refractivity (Wildman–Crippen MR) is 137 cm³/mol. The van der Waals surface area contributed by atoms with Gasteiger partial charge in [0.2, 0.25) is 17.0 Å². The summed E-state index contributed by atoms with van der Waals surface area (Å²) in [4.78, 5) is 17.5. The molecule has 4 aromatic rings. The normalized spacial score (nSPS) is 11.8. The summed E-state index contributed by atoms with van der Waals surface area (Å²) in [6.45, 7) is 3.67. The van der Waals surface area contributed by atoms with Crippen molar-refractivity contribution in [3.05, 3.63) is 78.2 Å². The van der Waals surface area contributed by atoms with E-state index in [0.29, 0.717) is 5.69 Å². The van der Waals surface area contributed by atoms with Gasteiger partial charge in [-0.3, -0.25) is 10.3 Å². The second-order valence-corrected chi connectivity index (χ2v) is 7.99.